The number of nitrogens with zero attached hydrogens (tertiary/aromatic N) is 4. The summed E-state index contributed by atoms with van der Waals surface area (Å²) in [5.74, 6) is 1.60. The van der Waals surface area contributed by atoms with Crippen LogP contribution in [0.2, 0.25) is 0 Å². The van der Waals surface area contributed by atoms with Crippen molar-refractivity contribution >= 4 is 5.69 Å². The third kappa shape index (κ3) is 2.81. The van der Waals surface area contributed by atoms with Gasteiger partial charge in [0.1, 0.15) is 6.33 Å². The quantitative estimate of drug-likeness (QED) is 0.932. The van der Waals surface area contributed by atoms with Crippen LogP contribution in [0, 0.1) is 11.8 Å². The largest absolute Gasteiger partial charge is 0.382 e. The minimum Gasteiger partial charge on any atom is -0.382 e. The van der Waals surface area contributed by atoms with Gasteiger partial charge in [0.05, 0.1) is 5.69 Å². The molecule has 0 spiro atoms. The molecule has 1 aliphatic rings. The Kier molecular flexibility index (Phi) is 3.67. The summed E-state index contributed by atoms with van der Waals surface area (Å²) in [7, 11) is 0. The van der Waals surface area contributed by atoms with E-state index in [1.165, 1.54) is 24.9 Å². The summed E-state index contributed by atoms with van der Waals surface area (Å²) < 4.78 is 1.66. The Bertz CT molecular complexity index is 534. The van der Waals surface area contributed by atoms with Gasteiger partial charge in [-0.2, -0.15) is 0 Å². The van der Waals surface area contributed by atoms with Crippen molar-refractivity contribution in [2.24, 2.45) is 11.8 Å². The lowest BCUT2D eigenvalue weighted by Crippen LogP contribution is -2.32. The predicted octanol–water partition coefficient (Wildman–Crippen LogP) is 2.90. The number of hydrogen-bond acceptors (Lipinski definition) is 4. The topological polar surface area (TPSA) is 55.6 Å². The van der Waals surface area contributed by atoms with Crippen molar-refractivity contribution < 1.29 is 0 Å². The van der Waals surface area contributed by atoms with Gasteiger partial charge in [0.25, 0.3) is 0 Å². The maximum Gasteiger partial charge on any atom is 0.143 e. The van der Waals surface area contributed by atoms with E-state index >= 15 is 0 Å². The van der Waals surface area contributed by atoms with Crippen LogP contribution < -0.4 is 5.32 Å². The zero-order valence-corrected chi connectivity index (χ0v) is 12.0. The highest BCUT2D eigenvalue weighted by Crippen LogP contribution is 2.30. The van der Waals surface area contributed by atoms with Crippen LogP contribution in [0.15, 0.2) is 30.6 Å². The molecule has 3 unspecified atom stereocenters. The molecule has 106 valence electrons. The van der Waals surface area contributed by atoms with Crippen LogP contribution in [0.3, 0.4) is 0 Å². The molecule has 0 saturated heterocycles. The molecule has 5 heteroatoms. The van der Waals surface area contributed by atoms with Crippen molar-refractivity contribution in [1.29, 1.82) is 0 Å². The molecule has 5 nitrogen and oxygen atoms in total. The van der Waals surface area contributed by atoms with Gasteiger partial charge in [-0.25, -0.2) is 4.68 Å². The molecular weight excluding hydrogens is 250 g/mol. The molecule has 1 N–H and O–H groups in total. The van der Waals surface area contributed by atoms with Gasteiger partial charge < -0.3 is 5.32 Å². The van der Waals surface area contributed by atoms with E-state index in [2.05, 4.69) is 46.8 Å². The zero-order chi connectivity index (χ0) is 13.9. The van der Waals surface area contributed by atoms with Crippen molar-refractivity contribution in [3.63, 3.8) is 0 Å². The molecule has 1 fully saturated rings. The fourth-order valence-electron chi connectivity index (χ4n) is 3.08. The van der Waals surface area contributed by atoms with Gasteiger partial charge in [0, 0.05) is 11.7 Å². The monoisotopic (exact) mass is 271 g/mol. The number of nitrogens with one attached hydrogen (secondary N) is 1. The van der Waals surface area contributed by atoms with Gasteiger partial charge in [-0.05, 0) is 65.8 Å². The Morgan fingerprint density at radius 3 is 2.60 bits per heavy atom. The Labute approximate surface area is 119 Å². The molecule has 3 atom stereocenters. The Hall–Kier alpha value is -1.91. The second-order valence-corrected chi connectivity index (χ2v) is 5.95. The normalized spacial score (nSPS) is 26.4. The van der Waals surface area contributed by atoms with Crippen LogP contribution in [-0.4, -0.2) is 26.2 Å². The second-order valence-electron chi connectivity index (χ2n) is 5.95. The Morgan fingerprint density at radius 1 is 1.15 bits per heavy atom. The molecule has 1 aromatic carbocycles. The molecule has 0 radical (unpaired) electrons. The summed E-state index contributed by atoms with van der Waals surface area (Å²) >= 11 is 0. The van der Waals surface area contributed by atoms with Gasteiger partial charge in [0.15, 0.2) is 0 Å². The number of hydrogen-bond donors (Lipinski definition) is 1. The van der Waals surface area contributed by atoms with Gasteiger partial charge in [-0.15, -0.1) is 5.10 Å². The summed E-state index contributed by atoms with van der Waals surface area (Å²) in [6.45, 7) is 4.70. The van der Waals surface area contributed by atoms with Crippen LogP contribution in [-0.2, 0) is 0 Å². The standard InChI is InChI=1S/C15H21N5/c1-11-3-8-15(12(2)9-11)17-13-4-6-14(7-5-13)20-10-16-18-19-20/h4-7,10-12,15,17H,3,8-9H2,1-2H3. The van der Waals surface area contributed by atoms with Crippen LogP contribution in [0.4, 0.5) is 5.69 Å². The fourth-order valence-corrected chi connectivity index (χ4v) is 3.08. The van der Waals surface area contributed by atoms with Crippen LogP contribution in [0.1, 0.15) is 33.1 Å². The lowest BCUT2D eigenvalue weighted by molar-refractivity contribution is 0.276. The van der Waals surface area contributed by atoms with Crippen molar-refractivity contribution in [2.45, 2.75) is 39.2 Å². The molecular formula is C15H21N5. The summed E-state index contributed by atoms with van der Waals surface area (Å²) in [5, 5.41) is 14.8. The number of aromatic nitrogens is 4. The first-order valence-electron chi connectivity index (χ1n) is 7.32. The molecule has 1 aromatic heterocycles. The molecule has 1 aliphatic carbocycles. The minimum atomic E-state index is 0.588. The van der Waals surface area contributed by atoms with E-state index in [9.17, 15) is 0 Å². The summed E-state index contributed by atoms with van der Waals surface area (Å²) in [6, 6.07) is 8.86. The van der Waals surface area contributed by atoms with Gasteiger partial charge in [-0.1, -0.05) is 13.8 Å². The molecule has 2 aromatic rings. The summed E-state index contributed by atoms with van der Waals surface area (Å²) in [4.78, 5) is 0. The van der Waals surface area contributed by atoms with Crippen LogP contribution in [0.5, 0.6) is 0 Å². The molecule has 1 saturated carbocycles. The Balaban J connectivity index is 1.66. The van der Waals surface area contributed by atoms with E-state index in [1.807, 2.05) is 12.1 Å². The van der Waals surface area contributed by atoms with Gasteiger partial charge in [-0.3, -0.25) is 0 Å². The minimum absolute atomic E-state index is 0.588. The lowest BCUT2D eigenvalue weighted by atomic mass is 9.80. The van der Waals surface area contributed by atoms with Crippen molar-refractivity contribution in [3.8, 4) is 5.69 Å². The smallest absolute Gasteiger partial charge is 0.143 e. The maximum atomic E-state index is 3.89. The lowest BCUT2D eigenvalue weighted by Gasteiger charge is -2.33. The van der Waals surface area contributed by atoms with Crippen LogP contribution >= 0.6 is 0 Å². The van der Waals surface area contributed by atoms with E-state index < -0.39 is 0 Å². The second kappa shape index (κ2) is 5.61. The third-order valence-electron chi connectivity index (χ3n) is 4.26. The highest BCUT2D eigenvalue weighted by molar-refractivity contribution is 5.49. The summed E-state index contributed by atoms with van der Waals surface area (Å²) in [5.41, 5.74) is 2.15. The fraction of sp³-hybridized carbons (Fsp3) is 0.533. The van der Waals surface area contributed by atoms with Gasteiger partial charge >= 0.3 is 0 Å². The average molecular weight is 271 g/mol. The van der Waals surface area contributed by atoms with E-state index in [4.69, 9.17) is 0 Å². The van der Waals surface area contributed by atoms with E-state index in [-0.39, 0.29) is 0 Å². The molecule has 0 aliphatic heterocycles. The van der Waals surface area contributed by atoms with E-state index in [1.54, 1.807) is 11.0 Å². The third-order valence-corrected chi connectivity index (χ3v) is 4.26. The molecule has 0 amide bonds. The number of anilines is 1. The van der Waals surface area contributed by atoms with Crippen molar-refractivity contribution in [1.82, 2.24) is 20.2 Å². The highest BCUT2D eigenvalue weighted by Gasteiger charge is 2.24. The molecule has 20 heavy (non-hydrogen) atoms. The van der Waals surface area contributed by atoms with Crippen molar-refractivity contribution in [2.75, 3.05) is 5.32 Å². The Morgan fingerprint density at radius 2 is 1.95 bits per heavy atom. The number of benzene rings is 1. The molecule has 0 bridgehead atoms. The molecule has 3 rings (SSSR count). The van der Waals surface area contributed by atoms with E-state index in [0.29, 0.717) is 6.04 Å². The first-order chi connectivity index (χ1) is 9.72. The maximum absolute atomic E-state index is 3.89. The zero-order valence-electron chi connectivity index (χ0n) is 12.0. The summed E-state index contributed by atoms with van der Waals surface area (Å²) in [6.07, 6.45) is 5.51. The highest BCUT2D eigenvalue weighted by atomic mass is 15.5. The van der Waals surface area contributed by atoms with E-state index in [0.717, 1.165) is 17.5 Å². The SMILES string of the molecule is CC1CCC(Nc2ccc(-n3cnnn3)cc2)C(C)C1. The first kappa shape index (κ1) is 13.1. The van der Waals surface area contributed by atoms with Crippen molar-refractivity contribution in [3.05, 3.63) is 30.6 Å². The predicted molar refractivity (Wildman–Crippen MR) is 78.7 cm³/mol. The van der Waals surface area contributed by atoms with Gasteiger partial charge in [0.2, 0.25) is 0 Å². The number of tetrazole rings is 1. The van der Waals surface area contributed by atoms with Crippen LogP contribution in [0.25, 0.3) is 5.69 Å². The molecule has 1 heterocycles. The average Bonchev–Trinajstić information content (AvgIpc) is 2.97. The number of rotatable bonds is 3. The first-order valence-corrected chi connectivity index (χ1v) is 7.32.